The lowest BCUT2D eigenvalue weighted by molar-refractivity contribution is 0.252. The van der Waals surface area contributed by atoms with E-state index in [0.29, 0.717) is 42.3 Å². The van der Waals surface area contributed by atoms with E-state index in [9.17, 15) is 10.1 Å². The molecule has 1 heterocycles. The Morgan fingerprint density at radius 2 is 1.97 bits per heavy atom. The predicted molar refractivity (Wildman–Crippen MR) is 119 cm³/mol. The van der Waals surface area contributed by atoms with Crippen molar-refractivity contribution in [2.75, 3.05) is 30.8 Å². The number of pyridine rings is 1. The van der Waals surface area contributed by atoms with E-state index in [1.807, 2.05) is 38.1 Å². The normalized spacial score (nSPS) is 10.3. The molecule has 154 valence electrons. The van der Waals surface area contributed by atoms with Crippen LogP contribution in [0, 0.1) is 25.2 Å². The van der Waals surface area contributed by atoms with Gasteiger partial charge in [-0.2, -0.15) is 5.26 Å². The molecule has 1 aromatic heterocycles. The van der Waals surface area contributed by atoms with Gasteiger partial charge < -0.3 is 20.7 Å². The summed E-state index contributed by atoms with van der Waals surface area (Å²) >= 11 is 0. The number of hydrogen-bond donors (Lipinski definition) is 3. The Morgan fingerprint density at radius 3 is 2.73 bits per heavy atom. The van der Waals surface area contributed by atoms with Gasteiger partial charge in [-0.05, 0) is 55.7 Å². The third-order valence-electron chi connectivity index (χ3n) is 4.69. The van der Waals surface area contributed by atoms with Crippen LogP contribution < -0.4 is 20.7 Å². The summed E-state index contributed by atoms with van der Waals surface area (Å²) in [6.45, 7) is 5.10. The number of nitriles is 1. The largest absolute Gasteiger partial charge is 0.495 e. The summed E-state index contributed by atoms with van der Waals surface area (Å²) in [5, 5.41) is 19.3. The number of para-hydroxylation sites is 2. The summed E-state index contributed by atoms with van der Waals surface area (Å²) in [6.07, 6.45) is 0.677. The monoisotopic (exact) mass is 403 g/mol. The number of nitrogens with zero attached hydrogens (tertiary/aromatic N) is 2. The summed E-state index contributed by atoms with van der Waals surface area (Å²) < 4.78 is 5.22. The molecule has 0 saturated heterocycles. The third kappa shape index (κ3) is 4.97. The maximum atomic E-state index is 12.1. The van der Waals surface area contributed by atoms with E-state index in [-0.39, 0.29) is 6.03 Å². The van der Waals surface area contributed by atoms with Crippen LogP contribution in [0.3, 0.4) is 0 Å². The fourth-order valence-electron chi connectivity index (χ4n) is 3.26. The first-order valence-electron chi connectivity index (χ1n) is 9.75. The second-order valence-corrected chi connectivity index (χ2v) is 7.01. The third-order valence-corrected chi connectivity index (χ3v) is 4.69. The second kappa shape index (κ2) is 9.61. The Labute approximate surface area is 176 Å². The zero-order chi connectivity index (χ0) is 21.5. The number of ether oxygens (including phenoxy) is 1. The number of urea groups is 1. The number of carbonyl (C=O) groups excluding carboxylic acids is 1. The molecular formula is C23H25N5O2. The zero-order valence-corrected chi connectivity index (χ0v) is 17.4. The van der Waals surface area contributed by atoms with Crippen LogP contribution in [0.4, 0.5) is 16.3 Å². The van der Waals surface area contributed by atoms with Crippen LogP contribution in [0.25, 0.3) is 10.9 Å². The number of carbonyl (C=O) groups is 1. The van der Waals surface area contributed by atoms with Crippen molar-refractivity contribution in [3.63, 3.8) is 0 Å². The predicted octanol–water partition coefficient (Wildman–Crippen LogP) is 4.36. The van der Waals surface area contributed by atoms with Gasteiger partial charge in [-0.3, -0.25) is 0 Å². The topological polar surface area (TPSA) is 99.1 Å². The van der Waals surface area contributed by atoms with Gasteiger partial charge in [0.15, 0.2) is 0 Å². The standard InChI is InChI=1S/C23H25N5O2/c1-15-11-16(2)18-13-17(14-24)22(27-20(18)12-15)25-9-6-10-26-23(29)28-19-7-4-5-8-21(19)30-3/h4-5,7-8,11-13H,6,9-10H2,1-3H3,(H,25,27)(H2,26,28,29). The van der Waals surface area contributed by atoms with E-state index in [1.54, 1.807) is 19.2 Å². The number of amides is 2. The Bertz CT molecular complexity index is 1100. The molecule has 0 unspecified atom stereocenters. The number of hydrogen-bond acceptors (Lipinski definition) is 5. The summed E-state index contributed by atoms with van der Waals surface area (Å²) in [7, 11) is 1.56. The highest BCUT2D eigenvalue weighted by Crippen LogP contribution is 2.24. The number of benzene rings is 2. The van der Waals surface area contributed by atoms with E-state index in [4.69, 9.17) is 4.74 Å². The van der Waals surface area contributed by atoms with Crippen molar-refractivity contribution in [2.45, 2.75) is 20.3 Å². The first-order chi connectivity index (χ1) is 14.5. The van der Waals surface area contributed by atoms with Crippen LogP contribution in [-0.4, -0.2) is 31.2 Å². The van der Waals surface area contributed by atoms with Gasteiger partial charge in [-0.15, -0.1) is 0 Å². The number of nitrogens with one attached hydrogen (secondary N) is 3. The molecule has 7 nitrogen and oxygen atoms in total. The van der Waals surface area contributed by atoms with E-state index in [2.05, 4.69) is 33.1 Å². The quantitative estimate of drug-likeness (QED) is 0.509. The van der Waals surface area contributed by atoms with Crippen molar-refractivity contribution in [1.29, 1.82) is 5.26 Å². The van der Waals surface area contributed by atoms with Crippen molar-refractivity contribution in [1.82, 2.24) is 10.3 Å². The lowest BCUT2D eigenvalue weighted by Crippen LogP contribution is -2.30. The van der Waals surface area contributed by atoms with Crippen molar-refractivity contribution < 1.29 is 9.53 Å². The van der Waals surface area contributed by atoms with Gasteiger partial charge in [-0.1, -0.05) is 18.2 Å². The summed E-state index contributed by atoms with van der Waals surface area (Å²) in [5.74, 6) is 1.17. The molecule has 2 amide bonds. The molecule has 0 spiro atoms. The Kier molecular flexibility index (Phi) is 6.71. The van der Waals surface area contributed by atoms with E-state index >= 15 is 0 Å². The van der Waals surface area contributed by atoms with Gasteiger partial charge in [0.25, 0.3) is 0 Å². The molecule has 0 atom stereocenters. The number of anilines is 2. The highest BCUT2D eigenvalue weighted by Gasteiger charge is 2.09. The van der Waals surface area contributed by atoms with E-state index in [0.717, 1.165) is 22.0 Å². The van der Waals surface area contributed by atoms with Gasteiger partial charge in [0.05, 0.1) is 23.9 Å². The molecule has 0 bridgehead atoms. The molecule has 0 saturated carbocycles. The summed E-state index contributed by atoms with van der Waals surface area (Å²) in [6, 6.07) is 15.1. The summed E-state index contributed by atoms with van der Waals surface area (Å²) in [4.78, 5) is 16.7. The van der Waals surface area contributed by atoms with Crippen molar-refractivity contribution in [3.05, 3.63) is 59.2 Å². The SMILES string of the molecule is COc1ccccc1NC(=O)NCCCNc1nc2cc(C)cc(C)c2cc1C#N. The average Bonchev–Trinajstić information content (AvgIpc) is 2.73. The molecule has 3 aromatic rings. The highest BCUT2D eigenvalue weighted by atomic mass is 16.5. The molecule has 3 N–H and O–H groups in total. The Balaban J connectivity index is 1.53. The van der Waals surface area contributed by atoms with Crippen LogP contribution in [-0.2, 0) is 0 Å². The van der Waals surface area contributed by atoms with Crippen LogP contribution >= 0.6 is 0 Å². The second-order valence-electron chi connectivity index (χ2n) is 7.01. The molecule has 0 aliphatic carbocycles. The minimum Gasteiger partial charge on any atom is -0.495 e. The maximum Gasteiger partial charge on any atom is 0.319 e. The number of rotatable bonds is 7. The van der Waals surface area contributed by atoms with Crippen molar-refractivity contribution in [3.8, 4) is 11.8 Å². The molecule has 3 rings (SSSR count). The van der Waals surface area contributed by atoms with Gasteiger partial charge >= 0.3 is 6.03 Å². The van der Waals surface area contributed by atoms with Crippen molar-refractivity contribution in [2.24, 2.45) is 0 Å². The number of aromatic nitrogens is 1. The molecule has 30 heavy (non-hydrogen) atoms. The Morgan fingerprint density at radius 1 is 1.17 bits per heavy atom. The molecule has 0 fully saturated rings. The fourth-order valence-corrected chi connectivity index (χ4v) is 3.26. The van der Waals surface area contributed by atoms with Crippen LogP contribution in [0.15, 0.2) is 42.5 Å². The molecule has 7 heteroatoms. The minimum atomic E-state index is -0.299. The van der Waals surface area contributed by atoms with Crippen molar-refractivity contribution >= 4 is 28.4 Å². The lowest BCUT2D eigenvalue weighted by Gasteiger charge is -2.12. The molecule has 2 aromatic carbocycles. The number of aryl methyl sites for hydroxylation is 2. The van der Waals surface area contributed by atoms with Crippen LogP contribution in [0.1, 0.15) is 23.1 Å². The minimum absolute atomic E-state index is 0.299. The van der Waals surface area contributed by atoms with E-state index in [1.165, 1.54) is 0 Å². The Hall–Kier alpha value is -3.79. The van der Waals surface area contributed by atoms with Gasteiger partial charge in [0, 0.05) is 18.5 Å². The first-order valence-corrected chi connectivity index (χ1v) is 9.75. The zero-order valence-electron chi connectivity index (χ0n) is 17.4. The highest BCUT2D eigenvalue weighted by molar-refractivity contribution is 5.91. The van der Waals surface area contributed by atoms with Crippen LogP contribution in [0.2, 0.25) is 0 Å². The molecule has 0 aliphatic heterocycles. The smallest absolute Gasteiger partial charge is 0.319 e. The summed E-state index contributed by atoms with van der Waals surface area (Å²) in [5.41, 5.74) is 4.22. The van der Waals surface area contributed by atoms with Gasteiger partial charge in [-0.25, -0.2) is 9.78 Å². The molecular weight excluding hydrogens is 378 g/mol. The number of fused-ring (bicyclic) bond motifs is 1. The van der Waals surface area contributed by atoms with E-state index < -0.39 is 0 Å². The molecule has 0 radical (unpaired) electrons. The maximum absolute atomic E-state index is 12.1. The lowest BCUT2D eigenvalue weighted by atomic mass is 10.0. The molecule has 0 aliphatic rings. The number of methoxy groups -OCH3 is 1. The van der Waals surface area contributed by atoms with Gasteiger partial charge in [0.2, 0.25) is 0 Å². The first kappa shape index (κ1) is 20.9. The van der Waals surface area contributed by atoms with Gasteiger partial charge in [0.1, 0.15) is 17.6 Å². The van der Waals surface area contributed by atoms with Crippen LogP contribution in [0.5, 0.6) is 5.75 Å². The fraction of sp³-hybridized carbons (Fsp3) is 0.261. The average molecular weight is 403 g/mol.